The van der Waals surface area contributed by atoms with Gasteiger partial charge in [-0.25, -0.2) is 0 Å². The Balaban J connectivity index is 1.74. The first-order chi connectivity index (χ1) is 14.1. The molecule has 1 heterocycles. The fourth-order valence-corrected chi connectivity index (χ4v) is 4.11. The second kappa shape index (κ2) is 6.71. The highest BCUT2D eigenvalue weighted by Crippen LogP contribution is 2.35. The van der Waals surface area contributed by atoms with Crippen LogP contribution in [0.2, 0.25) is 0 Å². The predicted octanol–water partition coefficient (Wildman–Crippen LogP) is 6.11. The molecule has 140 valence electrons. The van der Waals surface area contributed by atoms with Crippen LogP contribution in [-0.4, -0.2) is 11.6 Å². The van der Waals surface area contributed by atoms with E-state index in [2.05, 4.69) is 48.4 Å². The van der Waals surface area contributed by atoms with Crippen LogP contribution in [0.3, 0.4) is 0 Å². The number of anilines is 1. The minimum Gasteiger partial charge on any atom is -0.267 e. The molecule has 0 atom stereocenters. The number of aryl methyl sites for hydroxylation is 1. The van der Waals surface area contributed by atoms with Crippen molar-refractivity contribution in [3.8, 4) is 0 Å². The van der Waals surface area contributed by atoms with E-state index in [1.54, 1.807) is 0 Å². The topological polar surface area (TPSA) is 32.7 Å². The van der Waals surface area contributed by atoms with Crippen molar-refractivity contribution < 1.29 is 4.79 Å². The van der Waals surface area contributed by atoms with Gasteiger partial charge in [-0.1, -0.05) is 66.7 Å². The Morgan fingerprint density at radius 3 is 1.83 bits per heavy atom. The molecule has 0 saturated carbocycles. The zero-order valence-electron chi connectivity index (χ0n) is 16.4. The summed E-state index contributed by atoms with van der Waals surface area (Å²) in [7, 11) is 0. The normalized spacial score (nSPS) is 15.5. The molecule has 1 aliphatic heterocycles. The number of amides is 1. The fraction of sp³-hybridized carbons (Fsp3) is 0.0769. The Morgan fingerprint density at radius 2 is 1.24 bits per heavy atom. The van der Waals surface area contributed by atoms with Gasteiger partial charge in [-0.2, -0.15) is 10.1 Å². The molecule has 0 bridgehead atoms. The van der Waals surface area contributed by atoms with Crippen LogP contribution in [0.1, 0.15) is 18.1 Å². The first-order valence-corrected chi connectivity index (χ1v) is 9.72. The molecule has 0 radical (unpaired) electrons. The first-order valence-electron chi connectivity index (χ1n) is 9.72. The van der Waals surface area contributed by atoms with Crippen LogP contribution in [0.25, 0.3) is 27.6 Å². The maximum atomic E-state index is 13.2. The highest BCUT2D eigenvalue weighted by Gasteiger charge is 2.29. The van der Waals surface area contributed by atoms with Crippen LogP contribution in [0.15, 0.2) is 89.5 Å². The van der Waals surface area contributed by atoms with Crippen molar-refractivity contribution in [3.05, 3.63) is 95.6 Å². The molecule has 0 N–H and O–H groups in total. The molecule has 5 rings (SSSR count). The van der Waals surface area contributed by atoms with Crippen LogP contribution in [0.4, 0.5) is 5.69 Å². The van der Waals surface area contributed by atoms with Crippen LogP contribution < -0.4 is 5.01 Å². The number of carbonyl (C=O) groups is 1. The van der Waals surface area contributed by atoms with Gasteiger partial charge in [0.15, 0.2) is 0 Å². The summed E-state index contributed by atoms with van der Waals surface area (Å²) in [6.45, 7) is 4.05. The van der Waals surface area contributed by atoms with E-state index in [4.69, 9.17) is 0 Å². The lowest BCUT2D eigenvalue weighted by Gasteiger charge is -2.14. The summed E-state index contributed by atoms with van der Waals surface area (Å²) in [5.41, 5.74) is 4.46. The summed E-state index contributed by atoms with van der Waals surface area (Å²) < 4.78 is 0. The zero-order chi connectivity index (χ0) is 20.0. The van der Waals surface area contributed by atoms with Gasteiger partial charge in [-0.15, -0.1) is 0 Å². The fourth-order valence-electron chi connectivity index (χ4n) is 4.11. The molecule has 29 heavy (non-hydrogen) atoms. The maximum absolute atomic E-state index is 13.2. The summed E-state index contributed by atoms with van der Waals surface area (Å²) in [6, 6.07) is 26.3. The summed E-state index contributed by atoms with van der Waals surface area (Å²) in [4.78, 5) is 13.2. The molecule has 0 aromatic heterocycles. The van der Waals surface area contributed by atoms with E-state index in [1.807, 2.05) is 55.5 Å². The second-order valence-corrected chi connectivity index (χ2v) is 7.33. The van der Waals surface area contributed by atoms with E-state index < -0.39 is 0 Å². The highest BCUT2D eigenvalue weighted by molar-refractivity contribution is 6.33. The number of hydrazone groups is 1. The lowest BCUT2D eigenvalue weighted by atomic mass is 9.91. The minimum absolute atomic E-state index is 0.0950. The average Bonchev–Trinajstić information content (AvgIpc) is 3.05. The Kier molecular flexibility index (Phi) is 4.02. The predicted molar refractivity (Wildman–Crippen MR) is 121 cm³/mol. The summed E-state index contributed by atoms with van der Waals surface area (Å²) in [6.07, 6.45) is 2.01. The number of carbonyl (C=O) groups excluding carboxylic acids is 1. The Hall–Kier alpha value is -3.72. The number of hydrogen-bond acceptors (Lipinski definition) is 2. The third kappa shape index (κ3) is 2.74. The molecule has 3 heteroatoms. The standard InChI is InChI=1S/C26H20N2O/c1-17-20-12-6-8-14-22(20)25(23-15-9-7-13-21(17)23)16-24-18(2)27-28(26(24)29)19-10-4-3-5-11-19/h3-16H,1-2H3/b24-16+. The molecular formula is C26H20N2O. The van der Waals surface area contributed by atoms with Crippen molar-refractivity contribution in [2.45, 2.75) is 13.8 Å². The van der Waals surface area contributed by atoms with Gasteiger partial charge >= 0.3 is 0 Å². The number of nitrogens with zero attached hydrogens (tertiary/aromatic N) is 2. The summed E-state index contributed by atoms with van der Waals surface area (Å²) >= 11 is 0. The van der Waals surface area contributed by atoms with E-state index in [1.165, 1.54) is 21.3 Å². The van der Waals surface area contributed by atoms with Gasteiger partial charge in [0.2, 0.25) is 0 Å². The van der Waals surface area contributed by atoms with E-state index in [-0.39, 0.29) is 5.91 Å². The van der Waals surface area contributed by atoms with Crippen molar-refractivity contribution in [2.24, 2.45) is 5.10 Å². The molecular weight excluding hydrogens is 356 g/mol. The van der Waals surface area contributed by atoms with E-state index in [0.29, 0.717) is 5.57 Å². The largest absolute Gasteiger partial charge is 0.280 e. The number of fused-ring (bicyclic) bond motifs is 2. The van der Waals surface area contributed by atoms with Gasteiger partial charge in [0.05, 0.1) is 17.0 Å². The minimum atomic E-state index is -0.0950. The highest BCUT2D eigenvalue weighted by atomic mass is 16.2. The van der Waals surface area contributed by atoms with E-state index in [0.717, 1.165) is 27.7 Å². The average molecular weight is 376 g/mol. The van der Waals surface area contributed by atoms with Crippen molar-refractivity contribution in [1.82, 2.24) is 0 Å². The van der Waals surface area contributed by atoms with Gasteiger partial charge < -0.3 is 0 Å². The molecule has 0 spiro atoms. The van der Waals surface area contributed by atoms with Gasteiger partial charge in [0.1, 0.15) is 0 Å². The lowest BCUT2D eigenvalue weighted by Crippen LogP contribution is -2.21. The molecule has 4 aromatic rings. The van der Waals surface area contributed by atoms with Crippen molar-refractivity contribution in [1.29, 1.82) is 0 Å². The number of hydrogen-bond donors (Lipinski definition) is 0. The van der Waals surface area contributed by atoms with Crippen molar-refractivity contribution >= 4 is 44.9 Å². The molecule has 1 aliphatic rings. The van der Waals surface area contributed by atoms with Crippen LogP contribution in [0.5, 0.6) is 0 Å². The van der Waals surface area contributed by atoms with Crippen molar-refractivity contribution in [3.63, 3.8) is 0 Å². The van der Waals surface area contributed by atoms with E-state index in [9.17, 15) is 4.79 Å². The molecule has 0 unspecified atom stereocenters. The summed E-state index contributed by atoms with van der Waals surface area (Å²) in [5.74, 6) is -0.0950. The number of rotatable bonds is 2. The van der Waals surface area contributed by atoms with Crippen molar-refractivity contribution in [2.75, 3.05) is 5.01 Å². The number of benzene rings is 4. The molecule has 0 aliphatic carbocycles. The monoisotopic (exact) mass is 376 g/mol. The van der Waals surface area contributed by atoms with E-state index >= 15 is 0 Å². The van der Waals surface area contributed by atoms with Gasteiger partial charge in [-0.3, -0.25) is 4.79 Å². The Morgan fingerprint density at radius 1 is 0.724 bits per heavy atom. The molecule has 1 amide bonds. The third-order valence-electron chi connectivity index (χ3n) is 5.59. The van der Waals surface area contributed by atoms with Gasteiger partial charge in [-0.05, 0) is 64.7 Å². The Bertz CT molecular complexity index is 1280. The van der Waals surface area contributed by atoms with Gasteiger partial charge in [0.25, 0.3) is 5.91 Å². The number of para-hydroxylation sites is 1. The second-order valence-electron chi connectivity index (χ2n) is 7.33. The Labute approximate surface area is 169 Å². The molecule has 0 fully saturated rings. The van der Waals surface area contributed by atoms with Gasteiger partial charge in [0, 0.05) is 0 Å². The quantitative estimate of drug-likeness (QED) is 0.307. The summed E-state index contributed by atoms with van der Waals surface area (Å²) in [5, 5.41) is 10.7. The maximum Gasteiger partial charge on any atom is 0.280 e. The smallest absolute Gasteiger partial charge is 0.267 e. The SMILES string of the molecule is CC1=NN(c2ccccc2)C(=O)/C1=C/c1c2ccccc2c(C)c2ccccc12. The molecule has 4 aromatic carbocycles. The van der Waals surface area contributed by atoms with Crippen LogP contribution in [0, 0.1) is 6.92 Å². The third-order valence-corrected chi connectivity index (χ3v) is 5.59. The lowest BCUT2D eigenvalue weighted by molar-refractivity contribution is -0.114. The van der Waals surface area contributed by atoms with Crippen LogP contribution >= 0.6 is 0 Å². The molecule has 3 nitrogen and oxygen atoms in total. The first kappa shape index (κ1) is 17.4. The zero-order valence-corrected chi connectivity index (χ0v) is 16.4. The molecule has 0 saturated heterocycles. The van der Waals surface area contributed by atoms with Crippen LogP contribution in [-0.2, 0) is 4.79 Å².